The van der Waals surface area contributed by atoms with E-state index in [0.717, 1.165) is 12.8 Å². The minimum Gasteiger partial charge on any atom is -0.401 e. The second-order valence-corrected chi connectivity index (χ2v) is 9.32. The van der Waals surface area contributed by atoms with Crippen LogP contribution in [0.15, 0.2) is 0 Å². The van der Waals surface area contributed by atoms with Gasteiger partial charge in [-0.25, -0.2) is 0 Å². The Hall–Kier alpha value is -0.263. The molecule has 0 spiro atoms. The highest BCUT2D eigenvalue weighted by molar-refractivity contribution is 6.69. The zero-order chi connectivity index (χ0) is 9.95. The van der Waals surface area contributed by atoms with Crippen LogP contribution >= 0.6 is 0 Å². The molecule has 1 nitrogen and oxygen atoms in total. The van der Waals surface area contributed by atoms with E-state index >= 15 is 0 Å². The fourth-order valence-electron chi connectivity index (χ4n) is 1.96. The van der Waals surface area contributed by atoms with Gasteiger partial charge in [-0.05, 0) is 51.7 Å². The van der Waals surface area contributed by atoms with Gasteiger partial charge in [-0.3, -0.25) is 0 Å². The van der Waals surface area contributed by atoms with Crippen LogP contribution in [0.5, 0.6) is 0 Å². The van der Waals surface area contributed by atoms with Gasteiger partial charge in [-0.15, -0.1) is 0 Å². The van der Waals surface area contributed by atoms with Crippen LogP contribution in [-0.4, -0.2) is 13.9 Å². The Morgan fingerprint density at radius 3 is 2.08 bits per heavy atom. The van der Waals surface area contributed by atoms with Crippen molar-refractivity contribution in [3.8, 4) is 5.92 Å². The molecule has 1 rings (SSSR count). The first-order chi connectivity index (χ1) is 5.97. The van der Waals surface area contributed by atoms with Crippen molar-refractivity contribution < 1.29 is 4.43 Å². The minimum absolute atomic E-state index is 0.317. The van der Waals surface area contributed by atoms with Crippen molar-refractivity contribution in [1.29, 1.82) is 0 Å². The highest BCUT2D eigenvalue weighted by Gasteiger charge is 2.35. The third-order valence-electron chi connectivity index (χ3n) is 2.39. The highest BCUT2D eigenvalue weighted by atomic mass is 28.4. The summed E-state index contributed by atoms with van der Waals surface area (Å²) in [5, 5.41) is 0. The fraction of sp³-hybridized carbons (Fsp3) is 0.818. The van der Waals surface area contributed by atoms with Crippen LogP contribution in [0.2, 0.25) is 19.6 Å². The van der Waals surface area contributed by atoms with Crippen LogP contribution in [0.3, 0.4) is 0 Å². The molecule has 0 heterocycles. The Kier molecular flexibility index (Phi) is 3.21. The molecule has 0 aliphatic heterocycles. The van der Waals surface area contributed by atoms with E-state index in [1.54, 1.807) is 0 Å². The molecule has 73 valence electrons. The van der Waals surface area contributed by atoms with E-state index in [9.17, 15) is 0 Å². The third kappa shape index (κ3) is 3.17. The predicted octanol–water partition coefficient (Wildman–Crippen LogP) is 3.13. The predicted molar refractivity (Wildman–Crippen MR) is 57.4 cm³/mol. The van der Waals surface area contributed by atoms with E-state index in [0.29, 0.717) is 0 Å². The Bertz CT molecular complexity index is 203. The average Bonchev–Trinajstić information content (AvgIpc) is 2.03. The molecule has 1 aliphatic carbocycles. The summed E-state index contributed by atoms with van der Waals surface area (Å²) >= 11 is 0. The molecule has 1 fully saturated rings. The summed E-state index contributed by atoms with van der Waals surface area (Å²) in [7, 11) is -1.52. The highest BCUT2D eigenvalue weighted by Crippen LogP contribution is 2.33. The molecule has 0 bridgehead atoms. The van der Waals surface area contributed by atoms with E-state index in [4.69, 9.17) is 10.8 Å². The molecular formula is C11H19OSi. The fourth-order valence-corrected chi connectivity index (χ4v) is 3.39. The molecule has 0 aromatic carbocycles. The van der Waals surface area contributed by atoms with Crippen molar-refractivity contribution in [2.75, 3.05) is 0 Å². The maximum Gasteiger partial charge on any atom is 0.185 e. The molecule has 0 N–H and O–H groups in total. The molecule has 0 atom stereocenters. The van der Waals surface area contributed by atoms with Gasteiger partial charge < -0.3 is 4.43 Å². The first-order valence-electron chi connectivity index (χ1n) is 5.12. The molecule has 0 saturated heterocycles. The van der Waals surface area contributed by atoms with Gasteiger partial charge in [0.25, 0.3) is 0 Å². The number of rotatable bonds is 2. The largest absolute Gasteiger partial charge is 0.401 e. The summed E-state index contributed by atoms with van der Waals surface area (Å²) in [5.74, 6) is 2.64. The zero-order valence-corrected chi connectivity index (χ0v) is 9.94. The smallest absolute Gasteiger partial charge is 0.185 e. The van der Waals surface area contributed by atoms with Crippen LogP contribution in [0.1, 0.15) is 32.1 Å². The van der Waals surface area contributed by atoms with Gasteiger partial charge in [0.15, 0.2) is 8.32 Å². The first kappa shape index (κ1) is 10.8. The van der Waals surface area contributed by atoms with E-state index < -0.39 is 8.32 Å². The normalized spacial score (nSPS) is 22.3. The minimum atomic E-state index is -1.52. The van der Waals surface area contributed by atoms with E-state index in [2.05, 4.69) is 25.6 Å². The van der Waals surface area contributed by atoms with Gasteiger partial charge in [-0.2, -0.15) is 0 Å². The molecule has 13 heavy (non-hydrogen) atoms. The molecule has 0 aromatic rings. The van der Waals surface area contributed by atoms with Crippen LogP contribution in [0, 0.1) is 12.3 Å². The van der Waals surface area contributed by atoms with E-state index in [1.165, 1.54) is 19.3 Å². The van der Waals surface area contributed by atoms with E-state index in [-0.39, 0.29) is 5.60 Å². The Morgan fingerprint density at radius 1 is 1.15 bits per heavy atom. The molecule has 1 aliphatic rings. The van der Waals surface area contributed by atoms with Crippen molar-refractivity contribution in [2.24, 2.45) is 0 Å². The lowest BCUT2D eigenvalue weighted by molar-refractivity contribution is 0.0794. The summed E-state index contributed by atoms with van der Waals surface area (Å²) in [6.45, 7) is 6.54. The lowest BCUT2D eigenvalue weighted by Gasteiger charge is -2.37. The molecule has 0 amide bonds. The van der Waals surface area contributed by atoms with Gasteiger partial charge in [0, 0.05) is 0 Å². The lowest BCUT2D eigenvalue weighted by Crippen LogP contribution is -2.43. The monoisotopic (exact) mass is 195 g/mol. The van der Waals surface area contributed by atoms with Crippen molar-refractivity contribution in [2.45, 2.75) is 57.3 Å². The van der Waals surface area contributed by atoms with Crippen LogP contribution in [0.25, 0.3) is 0 Å². The Labute approximate surface area is 83.0 Å². The third-order valence-corrected chi connectivity index (χ3v) is 3.39. The Morgan fingerprint density at radius 2 is 1.69 bits per heavy atom. The molecule has 1 radical (unpaired) electrons. The van der Waals surface area contributed by atoms with Crippen molar-refractivity contribution in [1.82, 2.24) is 0 Å². The second-order valence-electron chi connectivity index (χ2n) is 4.89. The molecule has 2 heteroatoms. The standard InChI is InChI=1S/C11H19OSi/c1-5-11(12-13(2,3)4)9-7-6-8-10-11/h6-10H2,2-4H3. The molecule has 0 unspecified atom stereocenters. The SMILES string of the molecule is [C]#CC1(O[Si](C)(C)C)CCCCC1. The van der Waals surface area contributed by atoms with Crippen LogP contribution < -0.4 is 0 Å². The summed E-state index contributed by atoms with van der Waals surface area (Å²) in [4.78, 5) is 0. The lowest BCUT2D eigenvalue weighted by atomic mass is 9.86. The Balaban J connectivity index is 2.65. The molecule has 0 aromatic heterocycles. The first-order valence-corrected chi connectivity index (χ1v) is 8.52. The van der Waals surface area contributed by atoms with Gasteiger partial charge in [0.1, 0.15) is 5.60 Å². The van der Waals surface area contributed by atoms with Gasteiger partial charge in [-0.1, -0.05) is 12.3 Å². The molecular weight excluding hydrogens is 176 g/mol. The summed E-state index contributed by atoms with van der Waals surface area (Å²) < 4.78 is 6.06. The maximum absolute atomic E-state index is 7.37. The van der Waals surface area contributed by atoms with Crippen molar-refractivity contribution >= 4 is 8.32 Å². The second kappa shape index (κ2) is 3.85. The number of hydrogen-bond donors (Lipinski definition) is 0. The maximum atomic E-state index is 7.37. The van der Waals surface area contributed by atoms with Gasteiger partial charge >= 0.3 is 0 Å². The van der Waals surface area contributed by atoms with Crippen molar-refractivity contribution in [3.05, 3.63) is 6.42 Å². The summed E-state index contributed by atoms with van der Waals surface area (Å²) in [5.41, 5.74) is -0.317. The van der Waals surface area contributed by atoms with Gasteiger partial charge in [0.05, 0.1) is 0 Å². The summed E-state index contributed by atoms with van der Waals surface area (Å²) in [6.07, 6.45) is 13.0. The van der Waals surface area contributed by atoms with Crippen LogP contribution in [0.4, 0.5) is 0 Å². The molecule has 1 saturated carbocycles. The van der Waals surface area contributed by atoms with Crippen LogP contribution in [-0.2, 0) is 4.43 Å². The average molecular weight is 195 g/mol. The van der Waals surface area contributed by atoms with Crippen molar-refractivity contribution in [3.63, 3.8) is 0 Å². The zero-order valence-electron chi connectivity index (χ0n) is 8.94. The quantitative estimate of drug-likeness (QED) is 0.486. The van der Waals surface area contributed by atoms with Gasteiger partial charge in [0.2, 0.25) is 0 Å². The topological polar surface area (TPSA) is 9.23 Å². The van der Waals surface area contributed by atoms with E-state index in [1.807, 2.05) is 0 Å². The summed E-state index contributed by atoms with van der Waals surface area (Å²) in [6, 6.07) is 0. The number of hydrogen-bond acceptors (Lipinski definition) is 1.